The number of amides is 1. The standard InChI is InChI=1S/C20H25N5O/c1-13(17-12-25(20(3,4)5)24-14(17)2)22-23-19(26)10-15-11-21-18-9-7-6-8-16(15)18/h6-9,11-12,21H,10H2,1-5H3,(H,23,26)/b22-13+. The van der Waals surface area contributed by atoms with Crippen molar-refractivity contribution in [3.05, 3.63) is 53.5 Å². The molecule has 26 heavy (non-hydrogen) atoms. The highest BCUT2D eigenvalue weighted by molar-refractivity contribution is 6.00. The predicted octanol–water partition coefficient (Wildman–Crippen LogP) is 3.51. The summed E-state index contributed by atoms with van der Waals surface area (Å²) in [5.74, 6) is -0.144. The van der Waals surface area contributed by atoms with Crippen molar-refractivity contribution in [1.29, 1.82) is 0 Å². The van der Waals surface area contributed by atoms with Crippen LogP contribution in [0.5, 0.6) is 0 Å². The average molecular weight is 351 g/mol. The minimum Gasteiger partial charge on any atom is -0.361 e. The van der Waals surface area contributed by atoms with Crippen molar-refractivity contribution in [3.63, 3.8) is 0 Å². The molecule has 6 heteroatoms. The molecule has 0 spiro atoms. The SMILES string of the molecule is C/C(=N\NC(=O)Cc1c[nH]c2ccccc12)c1cn(C(C)(C)C)nc1C. The number of hydrazone groups is 1. The highest BCUT2D eigenvalue weighted by Gasteiger charge is 2.17. The van der Waals surface area contributed by atoms with Gasteiger partial charge in [-0.15, -0.1) is 0 Å². The van der Waals surface area contributed by atoms with Gasteiger partial charge in [0.05, 0.1) is 23.4 Å². The number of aromatic amines is 1. The maximum absolute atomic E-state index is 12.3. The molecule has 136 valence electrons. The molecule has 0 aliphatic carbocycles. The van der Waals surface area contributed by atoms with Crippen LogP contribution in [-0.4, -0.2) is 26.4 Å². The molecule has 2 N–H and O–H groups in total. The Morgan fingerprint density at radius 2 is 2.04 bits per heavy atom. The smallest absolute Gasteiger partial charge is 0.244 e. The van der Waals surface area contributed by atoms with Crippen molar-refractivity contribution in [2.75, 3.05) is 0 Å². The van der Waals surface area contributed by atoms with Crippen molar-refractivity contribution in [2.24, 2.45) is 5.10 Å². The van der Waals surface area contributed by atoms with E-state index in [0.29, 0.717) is 0 Å². The van der Waals surface area contributed by atoms with Crippen LogP contribution in [0.2, 0.25) is 0 Å². The quantitative estimate of drug-likeness (QED) is 0.557. The number of H-pyrrole nitrogens is 1. The monoisotopic (exact) mass is 351 g/mol. The third-order valence-corrected chi connectivity index (χ3v) is 4.35. The molecule has 0 saturated heterocycles. The molecule has 0 saturated carbocycles. The van der Waals surface area contributed by atoms with Crippen LogP contribution in [0.25, 0.3) is 10.9 Å². The zero-order chi connectivity index (χ0) is 18.9. The molecule has 0 fully saturated rings. The topological polar surface area (TPSA) is 75.1 Å². The summed E-state index contributed by atoms with van der Waals surface area (Å²) in [5, 5.41) is 9.87. The molecule has 0 bridgehead atoms. The van der Waals surface area contributed by atoms with Gasteiger partial charge in [-0.3, -0.25) is 9.48 Å². The van der Waals surface area contributed by atoms with Gasteiger partial charge in [0.2, 0.25) is 5.91 Å². The first-order chi connectivity index (χ1) is 12.3. The molecule has 0 aliphatic rings. The molecule has 0 atom stereocenters. The fourth-order valence-corrected chi connectivity index (χ4v) is 2.86. The van der Waals surface area contributed by atoms with Crippen LogP contribution >= 0.6 is 0 Å². The lowest BCUT2D eigenvalue weighted by Gasteiger charge is -2.18. The first-order valence-corrected chi connectivity index (χ1v) is 8.71. The van der Waals surface area contributed by atoms with Crippen LogP contribution in [0.3, 0.4) is 0 Å². The van der Waals surface area contributed by atoms with Gasteiger partial charge in [0.1, 0.15) is 0 Å². The van der Waals surface area contributed by atoms with Crippen LogP contribution in [0.15, 0.2) is 41.8 Å². The van der Waals surface area contributed by atoms with E-state index < -0.39 is 0 Å². The Kier molecular flexibility index (Phi) is 4.68. The molecule has 3 rings (SSSR count). The number of hydrogen-bond donors (Lipinski definition) is 2. The van der Waals surface area contributed by atoms with Gasteiger partial charge in [-0.25, -0.2) is 5.43 Å². The molecular weight excluding hydrogens is 326 g/mol. The van der Waals surface area contributed by atoms with Gasteiger partial charge in [0.25, 0.3) is 0 Å². The van der Waals surface area contributed by atoms with Gasteiger partial charge in [-0.05, 0) is 46.2 Å². The minimum absolute atomic E-state index is 0.0954. The first-order valence-electron chi connectivity index (χ1n) is 8.71. The maximum Gasteiger partial charge on any atom is 0.244 e. The summed E-state index contributed by atoms with van der Waals surface area (Å²) in [4.78, 5) is 15.5. The van der Waals surface area contributed by atoms with E-state index in [0.717, 1.165) is 33.4 Å². The number of nitrogens with zero attached hydrogens (tertiary/aromatic N) is 3. The minimum atomic E-state index is -0.144. The summed E-state index contributed by atoms with van der Waals surface area (Å²) < 4.78 is 1.92. The van der Waals surface area contributed by atoms with Gasteiger partial charge in [0.15, 0.2) is 0 Å². The predicted molar refractivity (Wildman–Crippen MR) is 104 cm³/mol. The van der Waals surface area contributed by atoms with Crippen LogP contribution in [0.4, 0.5) is 0 Å². The Hall–Kier alpha value is -2.89. The number of para-hydroxylation sites is 1. The first kappa shape index (κ1) is 17.9. The van der Waals surface area contributed by atoms with Crippen LogP contribution < -0.4 is 5.43 Å². The van der Waals surface area contributed by atoms with Crippen LogP contribution in [0, 0.1) is 6.92 Å². The number of carbonyl (C=O) groups excluding carboxylic acids is 1. The van der Waals surface area contributed by atoms with E-state index >= 15 is 0 Å². The van der Waals surface area contributed by atoms with E-state index in [4.69, 9.17) is 0 Å². The van der Waals surface area contributed by atoms with Crippen molar-refractivity contribution in [3.8, 4) is 0 Å². The summed E-state index contributed by atoms with van der Waals surface area (Å²) in [5.41, 5.74) is 7.12. The number of fused-ring (bicyclic) bond motifs is 1. The lowest BCUT2D eigenvalue weighted by Crippen LogP contribution is -2.22. The molecule has 1 aromatic carbocycles. The largest absolute Gasteiger partial charge is 0.361 e. The van der Waals surface area contributed by atoms with E-state index in [1.165, 1.54) is 0 Å². The number of aromatic nitrogens is 3. The molecule has 1 amide bonds. The summed E-state index contributed by atoms with van der Waals surface area (Å²) in [6, 6.07) is 7.94. The molecule has 6 nitrogen and oxygen atoms in total. The highest BCUT2D eigenvalue weighted by Crippen LogP contribution is 2.18. The number of nitrogens with one attached hydrogen (secondary N) is 2. The third-order valence-electron chi connectivity index (χ3n) is 4.35. The lowest BCUT2D eigenvalue weighted by molar-refractivity contribution is -0.120. The van der Waals surface area contributed by atoms with Crippen LogP contribution in [0.1, 0.15) is 44.5 Å². The molecule has 0 radical (unpaired) electrons. The zero-order valence-corrected chi connectivity index (χ0v) is 15.9. The summed E-state index contributed by atoms with van der Waals surface area (Å²) in [7, 11) is 0. The van der Waals surface area contributed by atoms with E-state index in [9.17, 15) is 4.79 Å². The summed E-state index contributed by atoms with van der Waals surface area (Å²) in [6.07, 6.45) is 4.12. The summed E-state index contributed by atoms with van der Waals surface area (Å²) >= 11 is 0. The summed E-state index contributed by atoms with van der Waals surface area (Å²) in [6.45, 7) is 10.1. The average Bonchev–Trinajstić information content (AvgIpc) is 3.17. The maximum atomic E-state index is 12.3. The lowest BCUT2D eigenvalue weighted by atomic mass is 10.1. The van der Waals surface area contributed by atoms with Gasteiger partial charge in [-0.2, -0.15) is 10.2 Å². The fraction of sp³-hybridized carbons (Fsp3) is 0.350. The van der Waals surface area contributed by atoms with Crippen molar-refractivity contribution in [2.45, 2.75) is 46.6 Å². The molecule has 0 unspecified atom stereocenters. The van der Waals surface area contributed by atoms with E-state index in [1.807, 2.05) is 55.2 Å². The Labute approximate surface area is 153 Å². The van der Waals surface area contributed by atoms with Crippen molar-refractivity contribution in [1.82, 2.24) is 20.2 Å². The van der Waals surface area contributed by atoms with E-state index in [2.05, 4.69) is 41.4 Å². The van der Waals surface area contributed by atoms with Gasteiger partial charge >= 0.3 is 0 Å². The molecule has 3 aromatic rings. The Bertz CT molecular complexity index is 972. The molecule has 0 aliphatic heterocycles. The number of hydrogen-bond acceptors (Lipinski definition) is 3. The van der Waals surface area contributed by atoms with Crippen molar-refractivity contribution < 1.29 is 4.79 Å². The van der Waals surface area contributed by atoms with E-state index in [-0.39, 0.29) is 17.9 Å². The second-order valence-corrected chi connectivity index (χ2v) is 7.51. The van der Waals surface area contributed by atoms with Crippen LogP contribution in [-0.2, 0) is 16.8 Å². The molecule has 2 aromatic heterocycles. The van der Waals surface area contributed by atoms with Gasteiger partial charge in [-0.1, -0.05) is 18.2 Å². The third kappa shape index (κ3) is 3.69. The number of aryl methyl sites for hydroxylation is 1. The molecular formula is C20H25N5O. The van der Waals surface area contributed by atoms with E-state index in [1.54, 1.807) is 0 Å². The van der Waals surface area contributed by atoms with Crippen molar-refractivity contribution >= 4 is 22.5 Å². The second kappa shape index (κ2) is 6.78. The Morgan fingerprint density at radius 3 is 2.73 bits per heavy atom. The highest BCUT2D eigenvalue weighted by atomic mass is 16.2. The second-order valence-electron chi connectivity index (χ2n) is 7.51. The number of rotatable bonds is 4. The normalized spacial score (nSPS) is 12.6. The zero-order valence-electron chi connectivity index (χ0n) is 15.9. The van der Waals surface area contributed by atoms with Gasteiger partial charge < -0.3 is 4.98 Å². The molecule has 2 heterocycles. The number of benzene rings is 1. The Morgan fingerprint density at radius 1 is 1.31 bits per heavy atom. The fourth-order valence-electron chi connectivity index (χ4n) is 2.86. The van der Waals surface area contributed by atoms with Gasteiger partial charge in [0, 0.05) is 28.9 Å². The number of carbonyl (C=O) groups is 1. The Balaban J connectivity index is 1.71.